The average molecular weight is 781 g/mol. The summed E-state index contributed by atoms with van der Waals surface area (Å²) < 4.78 is 0. The highest BCUT2D eigenvalue weighted by Crippen LogP contribution is 2.33. The first-order valence-electron chi connectivity index (χ1n) is 20.2. The first kappa shape index (κ1) is 46.6. The molecule has 0 aliphatic rings. The van der Waals surface area contributed by atoms with Gasteiger partial charge in [0.2, 0.25) is 0 Å². The molecule has 0 unspecified atom stereocenters. The van der Waals surface area contributed by atoms with Gasteiger partial charge in [0.25, 0.3) is 0 Å². The number of nitrogens with zero attached hydrogens (tertiary/aromatic N) is 4. The second-order valence-electron chi connectivity index (χ2n) is 17.2. The fourth-order valence-corrected chi connectivity index (χ4v) is 6.96. The zero-order valence-corrected chi connectivity index (χ0v) is 36.8. The van der Waals surface area contributed by atoms with Crippen LogP contribution in [0.4, 0.5) is 0 Å². The third-order valence-electron chi connectivity index (χ3n) is 10.3. The molecule has 0 amide bonds. The maximum Gasteiger partial charge on any atom is 0.0929 e. The summed E-state index contributed by atoms with van der Waals surface area (Å²) in [5.74, 6) is 0. The van der Waals surface area contributed by atoms with Crippen LogP contribution >= 0.6 is 0 Å². The van der Waals surface area contributed by atoms with E-state index in [2.05, 4.69) is 184 Å². The summed E-state index contributed by atoms with van der Waals surface area (Å²) in [6, 6.07) is 20.9. The summed E-state index contributed by atoms with van der Waals surface area (Å²) in [5.41, 5.74) is 11.3. The number of unbranched alkanes of at least 4 members (excludes halogenated alkanes) is 1. The smallest absolute Gasteiger partial charge is 0.0929 e. The number of rotatable bonds is 13. The van der Waals surface area contributed by atoms with Crippen LogP contribution in [0.3, 0.4) is 0 Å². The lowest BCUT2D eigenvalue weighted by Crippen LogP contribution is -2.22. The van der Waals surface area contributed by atoms with Gasteiger partial charge in [-0.1, -0.05) is 169 Å². The Balaban J connectivity index is 0.000000209. The van der Waals surface area contributed by atoms with Crippen LogP contribution in [0, 0.1) is 0 Å². The van der Waals surface area contributed by atoms with Gasteiger partial charge in [-0.25, -0.2) is 19.9 Å². The van der Waals surface area contributed by atoms with Crippen LogP contribution in [0.25, 0.3) is 24.3 Å². The van der Waals surface area contributed by atoms with Crippen LogP contribution in [0.2, 0.25) is 0 Å². The molecule has 2 aromatic carbocycles. The highest BCUT2D eigenvalue weighted by atomic mass is 14.9. The van der Waals surface area contributed by atoms with E-state index in [1.165, 1.54) is 36.1 Å². The number of imidazole rings is 4. The third-order valence-corrected chi connectivity index (χ3v) is 10.3. The van der Waals surface area contributed by atoms with Crippen LogP contribution in [0.1, 0.15) is 145 Å². The van der Waals surface area contributed by atoms with Crippen molar-refractivity contribution in [2.24, 2.45) is 0 Å². The van der Waals surface area contributed by atoms with Gasteiger partial charge in [-0.15, -0.1) is 0 Å². The normalized spacial score (nSPS) is 11.5. The molecule has 4 aromatic heterocycles. The van der Waals surface area contributed by atoms with E-state index < -0.39 is 0 Å². The number of H-pyrrole nitrogens is 4. The Morgan fingerprint density at radius 3 is 1.29 bits per heavy atom. The maximum atomic E-state index is 4.27. The van der Waals surface area contributed by atoms with E-state index in [0.717, 1.165) is 46.3 Å². The topological polar surface area (TPSA) is 115 Å². The van der Waals surface area contributed by atoms with Crippen LogP contribution in [-0.2, 0) is 28.1 Å². The van der Waals surface area contributed by atoms with Crippen molar-refractivity contribution in [3.63, 3.8) is 0 Å². The molecule has 0 spiro atoms. The van der Waals surface area contributed by atoms with Crippen LogP contribution in [0.5, 0.6) is 0 Å². The van der Waals surface area contributed by atoms with Crippen LogP contribution < -0.4 is 0 Å². The zero-order valence-electron chi connectivity index (χ0n) is 36.8. The molecular weight excluding hydrogens is 713 g/mol. The highest BCUT2D eigenvalue weighted by molar-refractivity contribution is 5.51. The predicted octanol–water partition coefficient (Wildman–Crippen LogP) is 12.8. The molecule has 6 rings (SSSR count). The van der Waals surface area contributed by atoms with Crippen LogP contribution in [-0.4, -0.2) is 39.9 Å². The monoisotopic (exact) mass is 781 g/mol. The van der Waals surface area contributed by atoms with Crippen molar-refractivity contribution in [1.29, 1.82) is 0 Å². The van der Waals surface area contributed by atoms with Gasteiger partial charge in [0.15, 0.2) is 0 Å². The van der Waals surface area contributed by atoms with Crippen molar-refractivity contribution in [2.75, 3.05) is 0 Å². The van der Waals surface area contributed by atoms with Crippen molar-refractivity contribution < 1.29 is 0 Å². The average Bonchev–Trinajstić information content (AvgIpc) is 4.05. The van der Waals surface area contributed by atoms with E-state index in [1.54, 1.807) is 43.5 Å². The number of hydrogen-bond acceptors (Lipinski definition) is 4. The second kappa shape index (κ2) is 21.1. The van der Waals surface area contributed by atoms with Gasteiger partial charge in [-0.05, 0) is 48.3 Å². The van der Waals surface area contributed by atoms with Gasteiger partial charge >= 0.3 is 0 Å². The first-order chi connectivity index (χ1) is 27.5. The minimum absolute atomic E-state index is 0.0291. The van der Waals surface area contributed by atoms with Crippen molar-refractivity contribution in [2.45, 2.75) is 117 Å². The molecule has 0 fully saturated rings. The first-order valence-corrected chi connectivity index (χ1v) is 20.2. The van der Waals surface area contributed by atoms with Crippen molar-refractivity contribution in [1.82, 2.24) is 39.9 Å². The van der Waals surface area contributed by atoms with Crippen molar-refractivity contribution in [3.8, 4) is 0 Å². The molecule has 0 aliphatic carbocycles. The molecule has 0 atom stereocenters. The van der Waals surface area contributed by atoms with Crippen molar-refractivity contribution >= 4 is 24.3 Å². The number of hydrogen-bond donors (Lipinski definition) is 4. The Morgan fingerprint density at radius 1 is 0.500 bits per heavy atom. The molecule has 0 saturated carbocycles. The molecule has 0 bridgehead atoms. The lowest BCUT2D eigenvalue weighted by Gasteiger charge is -2.24. The third kappa shape index (κ3) is 12.6. The largest absolute Gasteiger partial charge is 0.348 e. The Hall–Kier alpha value is -5.76. The standard InChI is InChI=1S/C15H18N2.C14H16N2.C12H20N2.C9H14N2/c1-4-13-14(17-11-16-13)15(2,3)10-12-8-6-5-7-9-12;1-4-12-13(16-10-15-12)14(2,3)11-8-6-5-7-9-11;1-5-7-8-12(3,4)11-10(6-2)13-9-14-11;1-5-7-8(9(2,3)4)11-6-10-7/h4-9,11H,1,10H2,2-3H3,(H,16,17);4-10H,1H2,2-3H3,(H,15,16);6,9H,2,5,7-8H2,1,3-4H3,(H,13,14);5-6H,1H2,2-4H3,(H,10,11). The summed E-state index contributed by atoms with van der Waals surface area (Å²) >= 11 is 0. The van der Waals surface area contributed by atoms with E-state index in [1.807, 2.05) is 18.2 Å². The van der Waals surface area contributed by atoms with E-state index in [-0.39, 0.29) is 21.7 Å². The van der Waals surface area contributed by atoms with E-state index in [9.17, 15) is 0 Å². The van der Waals surface area contributed by atoms with Gasteiger partial charge in [0.1, 0.15) is 0 Å². The molecular formula is C50H68N8. The number of aromatic nitrogens is 8. The Labute approximate surface area is 348 Å². The zero-order chi connectivity index (χ0) is 43.0. The van der Waals surface area contributed by atoms with E-state index >= 15 is 0 Å². The van der Waals surface area contributed by atoms with Crippen LogP contribution in [0.15, 0.2) is 112 Å². The lowest BCUT2D eigenvalue weighted by atomic mass is 9.80. The molecule has 8 nitrogen and oxygen atoms in total. The maximum absolute atomic E-state index is 4.27. The van der Waals surface area contributed by atoms with Gasteiger partial charge in [-0.2, -0.15) is 0 Å². The fraction of sp³-hybridized carbons (Fsp3) is 0.360. The van der Waals surface area contributed by atoms with Gasteiger partial charge < -0.3 is 19.9 Å². The molecule has 6 aromatic rings. The molecule has 308 valence electrons. The van der Waals surface area contributed by atoms with Gasteiger partial charge in [0.05, 0.1) is 53.8 Å². The SMILES string of the molecule is C=Cc1nc[nH]c1C(C)(C)C.C=Cc1nc[nH]c1C(C)(C)CCCC.C=Cc1nc[nH]c1C(C)(C)Cc1ccccc1.C=Cc1nc[nH]c1C(C)(C)c1ccccc1. The molecule has 8 heteroatoms. The van der Waals surface area contributed by atoms with E-state index in [4.69, 9.17) is 0 Å². The molecule has 0 radical (unpaired) electrons. The van der Waals surface area contributed by atoms with Crippen molar-refractivity contribution in [3.05, 3.63) is 169 Å². The minimum atomic E-state index is -0.0821. The fourth-order valence-electron chi connectivity index (χ4n) is 6.96. The number of nitrogens with one attached hydrogen (secondary N) is 4. The highest BCUT2D eigenvalue weighted by Gasteiger charge is 2.27. The number of aromatic amines is 4. The molecule has 0 aliphatic heterocycles. The van der Waals surface area contributed by atoms with E-state index in [0.29, 0.717) is 0 Å². The predicted molar refractivity (Wildman–Crippen MR) is 248 cm³/mol. The Morgan fingerprint density at radius 2 is 0.879 bits per heavy atom. The number of benzene rings is 2. The molecule has 4 heterocycles. The summed E-state index contributed by atoms with van der Waals surface area (Å²) in [5, 5.41) is 0. The summed E-state index contributed by atoms with van der Waals surface area (Å²) in [6.07, 6.45) is 18.8. The minimum Gasteiger partial charge on any atom is -0.348 e. The molecule has 4 N–H and O–H groups in total. The summed E-state index contributed by atoms with van der Waals surface area (Å²) in [7, 11) is 0. The quantitative estimate of drug-likeness (QED) is 0.0934. The summed E-state index contributed by atoms with van der Waals surface area (Å²) in [4.78, 5) is 29.7. The Kier molecular flexibility index (Phi) is 17.0. The molecule has 0 saturated heterocycles. The lowest BCUT2D eigenvalue weighted by molar-refractivity contribution is 0.446. The van der Waals surface area contributed by atoms with Gasteiger partial charge in [0, 0.05) is 38.7 Å². The summed E-state index contributed by atoms with van der Waals surface area (Å²) in [6.45, 7) is 37.0. The van der Waals surface area contributed by atoms with Gasteiger partial charge in [-0.3, -0.25) is 0 Å². The second-order valence-corrected chi connectivity index (χ2v) is 17.2. The molecule has 58 heavy (non-hydrogen) atoms. The Bertz CT molecular complexity index is 2130.